The van der Waals surface area contributed by atoms with Gasteiger partial charge < -0.3 is 64.8 Å². The van der Waals surface area contributed by atoms with Crippen molar-refractivity contribution in [3.05, 3.63) is 23.8 Å². The van der Waals surface area contributed by atoms with Gasteiger partial charge in [-0.1, -0.05) is 40.7 Å². The summed E-state index contributed by atoms with van der Waals surface area (Å²) in [6.07, 6.45) is -4.00. The number of benzene rings is 1. The van der Waals surface area contributed by atoms with Gasteiger partial charge in [0.15, 0.2) is 5.11 Å². The second kappa shape index (κ2) is 23.6. The molecule has 16 heteroatoms. The van der Waals surface area contributed by atoms with Gasteiger partial charge in [-0.05, 0) is 135 Å². The van der Waals surface area contributed by atoms with Crippen molar-refractivity contribution in [3.63, 3.8) is 0 Å². The molecule has 3 aliphatic heterocycles. The fourth-order valence-corrected chi connectivity index (χ4v) is 11.5. The third kappa shape index (κ3) is 13.3. The molecule has 3 aliphatic rings. The molecule has 0 unspecified atom stereocenters. The number of aliphatic hydroxyl groups excluding tert-OH is 3. The second-order valence-electron chi connectivity index (χ2n) is 21.2. The summed E-state index contributed by atoms with van der Waals surface area (Å²) in [5, 5.41) is 68.2. The Morgan fingerprint density at radius 3 is 2.26 bits per heavy atom. The van der Waals surface area contributed by atoms with E-state index in [0.29, 0.717) is 55.4 Å². The standard InChI is InChI=1S/C50H88N4O11S/c1-16-42-49(11,59)44(56)34(8)54(20-19-51-47(66)52-38-18-17-28(2)21-40(38)61-14)27-29(3)24-50(60,26-41-43(55)39(53(12)13)22-30(4)63-41)37(32(6)31(5)33(7)46(58)65-42)23-36-25-48(10,62-15)45(57)35(9)64-36/h17-18,21,29-37,39,41-45,55-57,59-60H,16,19-20,22-27H2,1-15H3,(H2,51,52,66)/t29-,30+,31+,32+,33+,34+,35-,36+,37-,39-,41-,42-,43-,44+,45+,48+,49+,50-/m0/s1. The molecular formula is C50H88N4O11S. The van der Waals surface area contributed by atoms with Crippen LogP contribution in [0.2, 0.25) is 0 Å². The summed E-state index contributed by atoms with van der Waals surface area (Å²) >= 11 is 5.72. The van der Waals surface area contributed by atoms with E-state index < -0.39 is 83.4 Å². The number of methoxy groups -OCH3 is 2. The monoisotopic (exact) mass is 953 g/mol. The minimum absolute atomic E-state index is 0.106. The van der Waals surface area contributed by atoms with Crippen molar-refractivity contribution in [3.8, 4) is 5.75 Å². The number of nitrogens with zero attached hydrogens (tertiary/aromatic N) is 2. The van der Waals surface area contributed by atoms with Crippen molar-refractivity contribution in [1.29, 1.82) is 0 Å². The SMILES string of the molecule is CC[C@@H]1OC(=O)[C@H](C)[C@H](C)[C@@H](C)[C@H](C[C@@H]2C[C@@](C)(OC)[C@H](O)[C@H](C)O2)[C@@](O)(C[C@@H]2O[C@H](C)C[C@H](N(C)C)[C@@H]2O)C[C@H](C)CN(CCNC(=S)Nc2ccc(C)cc2OC)[C@H](C)[C@@H](O)[C@]1(C)O. The maximum atomic E-state index is 14.3. The summed E-state index contributed by atoms with van der Waals surface area (Å²) in [7, 11) is 7.09. The first-order valence-corrected chi connectivity index (χ1v) is 24.8. The number of nitrogens with one attached hydrogen (secondary N) is 2. The molecular weight excluding hydrogens is 865 g/mol. The second-order valence-corrected chi connectivity index (χ2v) is 21.6. The quantitative estimate of drug-likeness (QED) is 0.110. The summed E-state index contributed by atoms with van der Waals surface area (Å²) in [5.74, 6) is -1.91. The summed E-state index contributed by atoms with van der Waals surface area (Å²) in [6.45, 7) is 22.0. The van der Waals surface area contributed by atoms with E-state index >= 15 is 0 Å². The van der Waals surface area contributed by atoms with Gasteiger partial charge in [0.1, 0.15) is 29.7 Å². The van der Waals surface area contributed by atoms with Gasteiger partial charge in [0, 0.05) is 51.7 Å². The number of rotatable bonds is 12. The molecule has 380 valence electrons. The van der Waals surface area contributed by atoms with E-state index in [9.17, 15) is 30.3 Å². The van der Waals surface area contributed by atoms with Crippen LogP contribution < -0.4 is 15.4 Å². The fourth-order valence-electron chi connectivity index (χ4n) is 11.3. The van der Waals surface area contributed by atoms with E-state index in [1.54, 1.807) is 14.2 Å². The van der Waals surface area contributed by atoms with Crippen molar-refractivity contribution < 1.29 is 54.0 Å². The molecule has 0 amide bonds. The van der Waals surface area contributed by atoms with Crippen LogP contribution in [0.15, 0.2) is 18.2 Å². The Bertz CT molecular complexity index is 1730. The van der Waals surface area contributed by atoms with Crippen LogP contribution >= 0.6 is 12.2 Å². The van der Waals surface area contributed by atoms with E-state index in [0.717, 1.165) is 5.56 Å². The Morgan fingerprint density at radius 1 is 0.985 bits per heavy atom. The molecule has 0 aliphatic carbocycles. The van der Waals surface area contributed by atoms with Crippen molar-refractivity contribution in [2.24, 2.45) is 29.6 Å². The molecule has 0 bridgehead atoms. The fraction of sp³-hybridized carbons (Fsp3) is 0.840. The van der Waals surface area contributed by atoms with Gasteiger partial charge in [-0.2, -0.15) is 0 Å². The number of carbonyl (C=O) groups is 1. The van der Waals surface area contributed by atoms with Gasteiger partial charge in [0.25, 0.3) is 0 Å². The van der Waals surface area contributed by atoms with Crippen molar-refractivity contribution in [2.45, 2.75) is 192 Å². The zero-order valence-electron chi connectivity index (χ0n) is 42.7. The van der Waals surface area contributed by atoms with E-state index in [1.807, 2.05) is 92.6 Å². The molecule has 7 N–H and O–H groups in total. The summed E-state index contributed by atoms with van der Waals surface area (Å²) in [4.78, 5) is 18.4. The first-order chi connectivity index (χ1) is 30.7. The molecule has 1 aromatic rings. The lowest BCUT2D eigenvalue weighted by atomic mass is 9.63. The number of aryl methyl sites for hydroxylation is 1. The van der Waals surface area contributed by atoms with E-state index in [2.05, 4.69) is 29.4 Å². The van der Waals surface area contributed by atoms with Crippen LogP contribution in [-0.2, 0) is 23.7 Å². The number of hydrogen-bond acceptors (Lipinski definition) is 14. The van der Waals surface area contributed by atoms with Crippen LogP contribution in [0.4, 0.5) is 5.69 Å². The van der Waals surface area contributed by atoms with Gasteiger partial charge in [0.05, 0.1) is 60.4 Å². The molecule has 15 nitrogen and oxygen atoms in total. The number of hydrogen-bond donors (Lipinski definition) is 7. The summed E-state index contributed by atoms with van der Waals surface area (Å²) in [5.41, 5.74) is -2.46. The largest absolute Gasteiger partial charge is 0.495 e. The van der Waals surface area contributed by atoms with Crippen molar-refractivity contribution in [2.75, 3.05) is 53.3 Å². The highest BCUT2D eigenvalue weighted by Crippen LogP contribution is 2.47. The van der Waals surface area contributed by atoms with E-state index in [-0.39, 0.29) is 49.2 Å². The predicted octanol–water partition coefficient (Wildman–Crippen LogP) is 4.90. The maximum Gasteiger partial charge on any atom is 0.309 e. The minimum atomic E-state index is -1.82. The Morgan fingerprint density at radius 2 is 1.65 bits per heavy atom. The van der Waals surface area contributed by atoms with Crippen LogP contribution in [0, 0.1) is 36.5 Å². The van der Waals surface area contributed by atoms with Gasteiger partial charge in [-0.3, -0.25) is 9.69 Å². The number of likely N-dealkylation sites (N-methyl/N-ethyl adjacent to an activating group) is 1. The molecule has 3 saturated heterocycles. The number of esters is 1. The Kier molecular flexibility index (Phi) is 20.1. The molecule has 3 fully saturated rings. The maximum absolute atomic E-state index is 14.3. The number of thiocarbonyl (C=S) groups is 1. The van der Waals surface area contributed by atoms with Crippen LogP contribution in [0.1, 0.15) is 113 Å². The average Bonchev–Trinajstić information content (AvgIpc) is 3.25. The molecule has 66 heavy (non-hydrogen) atoms. The van der Waals surface area contributed by atoms with Crippen LogP contribution in [0.5, 0.6) is 5.75 Å². The van der Waals surface area contributed by atoms with Gasteiger partial charge in [0.2, 0.25) is 0 Å². The molecule has 1 aromatic carbocycles. The number of aliphatic hydroxyl groups is 5. The molecule has 18 atom stereocenters. The number of ether oxygens (including phenoxy) is 5. The zero-order chi connectivity index (χ0) is 49.6. The minimum Gasteiger partial charge on any atom is -0.495 e. The molecule has 4 rings (SSSR count). The lowest BCUT2D eigenvalue weighted by Gasteiger charge is -2.51. The van der Waals surface area contributed by atoms with E-state index in [4.69, 9.17) is 35.9 Å². The van der Waals surface area contributed by atoms with E-state index in [1.165, 1.54) is 6.92 Å². The predicted molar refractivity (Wildman–Crippen MR) is 262 cm³/mol. The molecule has 0 saturated carbocycles. The number of anilines is 1. The Balaban J connectivity index is 1.81. The third-order valence-electron chi connectivity index (χ3n) is 15.8. The smallest absolute Gasteiger partial charge is 0.309 e. The zero-order valence-corrected chi connectivity index (χ0v) is 43.6. The number of cyclic esters (lactones) is 1. The van der Waals surface area contributed by atoms with Crippen molar-refractivity contribution >= 4 is 29.0 Å². The van der Waals surface area contributed by atoms with Crippen molar-refractivity contribution in [1.82, 2.24) is 15.1 Å². The Hall–Kier alpha value is -2.22. The highest BCUT2D eigenvalue weighted by atomic mass is 32.1. The lowest BCUT2D eigenvalue weighted by Crippen LogP contribution is -2.60. The molecule has 0 radical (unpaired) electrons. The van der Waals surface area contributed by atoms with Crippen LogP contribution in [-0.4, -0.2) is 172 Å². The molecule has 0 spiro atoms. The van der Waals surface area contributed by atoms with Gasteiger partial charge >= 0.3 is 5.97 Å². The molecule has 3 heterocycles. The summed E-state index contributed by atoms with van der Waals surface area (Å²) < 4.78 is 30.8. The highest BCUT2D eigenvalue weighted by molar-refractivity contribution is 7.80. The summed E-state index contributed by atoms with van der Waals surface area (Å²) in [6, 6.07) is 4.94. The topological polar surface area (TPSA) is 195 Å². The normalized spacial score (nSPS) is 41.3. The third-order valence-corrected chi connectivity index (χ3v) is 16.1. The lowest BCUT2D eigenvalue weighted by molar-refractivity contribution is -0.226. The van der Waals surface area contributed by atoms with Crippen LogP contribution in [0.25, 0.3) is 0 Å². The van der Waals surface area contributed by atoms with Crippen LogP contribution in [0.3, 0.4) is 0 Å². The van der Waals surface area contributed by atoms with Gasteiger partial charge in [-0.15, -0.1) is 0 Å². The highest BCUT2D eigenvalue weighted by Gasteiger charge is 2.53. The first-order valence-electron chi connectivity index (χ1n) is 24.4. The number of carbonyl (C=O) groups excluding carboxylic acids is 1. The average molecular weight is 953 g/mol. The molecule has 0 aromatic heterocycles. The Labute approximate surface area is 401 Å². The van der Waals surface area contributed by atoms with Gasteiger partial charge in [-0.25, -0.2) is 0 Å². The first kappa shape index (κ1) is 56.4.